The van der Waals surface area contributed by atoms with E-state index in [-0.39, 0.29) is 15.7 Å². The standard InChI is InChI=1S/C12H12ClN3O3S/c1-19-11-4-3-9(6-10(11)14)20(17,18)16-8-2-5-12(13)15-7-8/h2-7,16H,14H2,1H3. The highest BCUT2D eigenvalue weighted by Gasteiger charge is 2.16. The number of rotatable bonds is 4. The number of nitrogen functional groups attached to an aromatic ring is 1. The molecule has 1 heterocycles. The van der Waals surface area contributed by atoms with Crippen LogP contribution in [0.1, 0.15) is 0 Å². The van der Waals surface area contributed by atoms with Crippen LogP contribution in [0.3, 0.4) is 0 Å². The molecule has 0 aliphatic heterocycles. The average Bonchev–Trinajstić information content (AvgIpc) is 2.41. The van der Waals surface area contributed by atoms with Crippen LogP contribution >= 0.6 is 11.6 Å². The number of ether oxygens (including phenoxy) is 1. The number of pyridine rings is 1. The number of nitrogens with one attached hydrogen (secondary N) is 1. The lowest BCUT2D eigenvalue weighted by Gasteiger charge is -2.10. The van der Waals surface area contributed by atoms with Crippen molar-refractivity contribution in [1.29, 1.82) is 0 Å². The van der Waals surface area contributed by atoms with E-state index in [9.17, 15) is 8.42 Å². The van der Waals surface area contributed by atoms with E-state index in [0.717, 1.165) is 0 Å². The number of hydrogen-bond donors (Lipinski definition) is 2. The van der Waals surface area contributed by atoms with Crippen molar-refractivity contribution in [1.82, 2.24) is 4.98 Å². The van der Waals surface area contributed by atoms with Crippen molar-refractivity contribution in [2.75, 3.05) is 17.6 Å². The number of sulfonamides is 1. The van der Waals surface area contributed by atoms with Crippen molar-refractivity contribution in [2.45, 2.75) is 4.90 Å². The number of nitrogens with zero attached hydrogens (tertiary/aromatic N) is 1. The van der Waals surface area contributed by atoms with Crippen molar-refractivity contribution in [2.24, 2.45) is 0 Å². The first kappa shape index (κ1) is 14.4. The van der Waals surface area contributed by atoms with Gasteiger partial charge in [-0.05, 0) is 30.3 Å². The molecule has 106 valence electrons. The predicted octanol–water partition coefficient (Wildman–Crippen LogP) is 2.13. The summed E-state index contributed by atoms with van der Waals surface area (Å²) in [5.74, 6) is 0.414. The van der Waals surface area contributed by atoms with Crippen LogP contribution in [0.2, 0.25) is 5.15 Å². The lowest BCUT2D eigenvalue weighted by atomic mass is 10.3. The van der Waals surface area contributed by atoms with Gasteiger partial charge in [-0.15, -0.1) is 0 Å². The van der Waals surface area contributed by atoms with E-state index < -0.39 is 10.0 Å². The summed E-state index contributed by atoms with van der Waals surface area (Å²) in [6.07, 6.45) is 1.33. The number of aromatic nitrogens is 1. The SMILES string of the molecule is COc1ccc(S(=O)(=O)Nc2ccc(Cl)nc2)cc1N. The first-order valence-corrected chi connectivity index (χ1v) is 7.36. The smallest absolute Gasteiger partial charge is 0.262 e. The third-order valence-corrected chi connectivity index (χ3v) is 4.09. The molecule has 0 saturated heterocycles. The fourth-order valence-electron chi connectivity index (χ4n) is 1.53. The molecule has 8 heteroatoms. The van der Waals surface area contributed by atoms with Gasteiger partial charge in [-0.2, -0.15) is 0 Å². The van der Waals surface area contributed by atoms with E-state index in [1.807, 2.05) is 0 Å². The van der Waals surface area contributed by atoms with Gasteiger partial charge >= 0.3 is 0 Å². The zero-order chi connectivity index (χ0) is 14.8. The Morgan fingerprint density at radius 2 is 2.05 bits per heavy atom. The van der Waals surface area contributed by atoms with Crippen LogP contribution in [0.15, 0.2) is 41.4 Å². The van der Waals surface area contributed by atoms with Crippen molar-refractivity contribution in [3.63, 3.8) is 0 Å². The molecule has 0 radical (unpaired) electrons. The lowest BCUT2D eigenvalue weighted by Crippen LogP contribution is -2.13. The van der Waals surface area contributed by atoms with Crippen LogP contribution in [0, 0.1) is 0 Å². The highest BCUT2D eigenvalue weighted by molar-refractivity contribution is 7.92. The summed E-state index contributed by atoms with van der Waals surface area (Å²) >= 11 is 5.64. The molecular formula is C12H12ClN3O3S. The molecule has 0 aliphatic rings. The Hall–Kier alpha value is -1.99. The molecule has 0 aliphatic carbocycles. The van der Waals surface area contributed by atoms with Crippen LogP contribution in [0.4, 0.5) is 11.4 Å². The van der Waals surface area contributed by atoms with Crippen molar-refractivity contribution in [3.05, 3.63) is 41.7 Å². The monoisotopic (exact) mass is 313 g/mol. The van der Waals surface area contributed by atoms with Crippen LogP contribution in [0.5, 0.6) is 5.75 Å². The lowest BCUT2D eigenvalue weighted by molar-refractivity contribution is 0.416. The van der Waals surface area contributed by atoms with Crippen LogP contribution in [0.25, 0.3) is 0 Å². The first-order chi connectivity index (χ1) is 9.42. The third-order valence-electron chi connectivity index (χ3n) is 2.49. The minimum atomic E-state index is -3.74. The molecular weight excluding hydrogens is 302 g/mol. The molecule has 3 N–H and O–H groups in total. The van der Waals surface area contributed by atoms with Gasteiger partial charge in [0.1, 0.15) is 10.9 Å². The predicted molar refractivity (Wildman–Crippen MR) is 77.5 cm³/mol. The molecule has 1 aromatic carbocycles. The molecule has 0 amide bonds. The van der Waals surface area contributed by atoms with Crippen LogP contribution < -0.4 is 15.2 Å². The van der Waals surface area contributed by atoms with E-state index in [0.29, 0.717) is 11.4 Å². The molecule has 20 heavy (non-hydrogen) atoms. The van der Waals surface area contributed by atoms with Gasteiger partial charge in [-0.3, -0.25) is 4.72 Å². The summed E-state index contributed by atoms with van der Waals surface area (Å²) in [5, 5.41) is 0.279. The second-order valence-electron chi connectivity index (χ2n) is 3.88. The Morgan fingerprint density at radius 1 is 1.30 bits per heavy atom. The van der Waals surface area contributed by atoms with Gasteiger partial charge in [-0.1, -0.05) is 11.6 Å². The van der Waals surface area contributed by atoms with E-state index in [1.165, 1.54) is 43.6 Å². The maximum atomic E-state index is 12.2. The summed E-state index contributed by atoms with van der Waals surface area (Å²) in [5.41, 5.74) is 6.24. The van der Waals surface area contributed by atoms with E-state index in [2.05, 4.69) is 9.71 Å². The summed E-state index contributed by atoms with van der Waals surface area (Å²) < 4.78 is 31.7. The number of hydrogen-bond acceptors (Lipinski definition) is 5. The summed E-state index contributed by atoms with van der Waals surface area (Å²) in [7, 11) is -2.29. The number of halogens is 1. The van der Waals surface area contributed by atoms with Crippen molar-refractivity contribution in [3.8, 4) is 5.75 Å². The van der Waals surface area contributed by atoms with Gasteiger partial charge in [0.25, 0.3) is 10.0 Å². The fraction of sp³-hybridized carbons (Fsp3) is 0.0833. The second-order valence-corrected chi connectivity index (χ2v) is 5.95. The molecule has 0 unspecified atom stereocenters. The summed E-state index contributed by atoms with van der Waals surface area (Å²) in [6.45, 7) is 0. The summed E-state index contributed by atoms with van der Waals surface area (Å²) in [4.78, 5) is 3.83. The number of methoxy groups -OCH3 is 1. The van der Waals surface area contributed by atoms with E-state index in [4.69, 9.17) is 22.1 Å². The first-order valence-electron chi connectivity index (χ1n) is 5.50. The Labute approximate surface area is 121 Å². The maximum Gasteiger partial charge on any atom is 0.262 e. The van der Waals surface area contributed by atoms with E-state index >= 15 is 0 Å². The Balaban J connectivity index is 2.30. The Bertz CT molecular complexity index is 717. The Kier molecular flexibility index (Phi) is 4.01. The topological polar surface area (TPSA) is 94.3 Å². The van der Waals surface area contributed by atoms with Crippen molar-refractivity contribution < 1.29 is 13.2 Å². The highest BCUT2D eigenvalue weighted by atomic mass is 35.5. The van der Waals surface area contributed by atoms with Gasteiger partial charge in [-0.25, -0.2) is 13.4 Å². The molecule has 6 nitrogen and oxygen atoms in total. The molecule has 0 saturated carbocycles. The quantitative estimate of drug-likeness (QED) is 0.666. The highest BCUT2D eigenvalue weighted by Crippen LogP contribution is 2.25. The Morgan fingerprint density at radius 3 is 2.60 bits per heavy atom. The van der Waals surface area contributed by atoms with Crippen LogP contribution in [-0.2, 0) is 10.0 Å². The van der Waals surface area contributed by atoms with Gasteiger partial charge in [0.15, 0.2) is 0 Å². The molecule has 2 aromatic rings. The molecule has 2 rings (SSSR count). The van der Waals surface area contributed by atoms with Crippen molar-refractivity contribution >= 4 is 33.0 Å². The largest absolute Gasteiger partial charge is 0.495 e. The van der Waals surface area contributed by atoms with Gasteiger partial charge in [0.05, 0.1) is 29.6 Å². The fourth-order valence-corrected chi connectivity index (χ4v) is 2.72. The van der Waals surface area contributed by atoms with Gasteiger partial charge in [0, 0.05) is 0 Å². The number of anilines is 2. The normalized spacial score (nSPS) is 11.1. The second kappa shape index (κ2) is 5.56. The van der Waals surface area contributed by atoms with Crippen LogP contribution in [-0.4, -0.2) is 20.5 Å². The average molecular weight is 314 g/mol. The maximum absolute atomic E-state index is 12.2. The summed E-state index contributed by atoms with van der Waals surface area (Å²) in [6, 6.07) is 7.22. The molecule has 1 aromatic heterocycles. The minimum Gasteiger partial charge on any atom is -0.495 e. The number of benzene rings is 1. The number of nitrogens with two attached hydrogens (primary N) is 1. The molecule has 0 spiro atoms. The van der Waals surface area contributed by atoms with E-state index in [1.54, 1.807) is 0 Å². The zero-order valence-corrected chi connectivity index (χ0v) is 12.1. The molecule has 0 atom stereocenters. The third kappa shape index (κ3) is 3.12. The zero-order valence-electron chi connectivity index (χ0n) is 10.5. The molecule has 0 fully saturated rings. The van der Waals surface area contributed by atoms with Gasteiger partial charge < -0.3 is 10.5 Å². The minimum absolute atomic E-state index is 0.0331. The molecule has 0 bridgehead atoms. The van der Waals surface area contributed by atoms with Gasteiger partial charge in [0.2, 0.25) is 0 Å².